The lowest BCUT2D eigenvalue weighted by atomic mass is 9.61. The fourth-order valence-corrected chi connectivity index (χ4v) is 3.43. The molecule has 1 saturated carbocycles. The SMILES string of the molecule is Cn1c(C2(c3cc(Cl)nc(Cl)c3)CC(F)(F)C2)n[nH]c1=S. The Morgan fingerprint density at radius 2 is 1.86 bits per heavy atom. The zero-order valence-corrected chi connectivity index (χ0v) is 13.2. The number of aromatic nitrogens is 4. The van der Waals surface area contributed by atoms with Crippen molar-refractivity contribution in [3.63, 3.8) is 0 Å². The van der Waals surface area contributed by atoms with Crippen LogP contribution in [-0.4, -0.2) is 25.7 Å². The van der Waals surface area contributed by atoms with Crippen molar-refractivity contribution in [1.82, 2.24) is 19.7 Å². The number of rotatable bonds is 2. The van der Waals surface area contributed by atoms with Crippen molar-refractivity contribution in [3.8, 4) is 0 Å². The molecule has 2 heterocycles. The predicted molar refractivity (Wildman–Crippen MR) is 77.6 cm³/mol. The first-order valence-electron chi connectivity index (χ1n) is 6.07. The van der Waals surface area contributed by atoms with Crippen molar-refractivity contribution in [2.45, 2.75) is 24.2 Å². The molecule has 0 saturated heterocycles. The number of H-pyrrole nitrogens is 1. The Hall–Kier alpha value is -1.05. The van der Waals surface area contributed by atoms with Crippen LogP contribution in [0, 0.1) is 4.77 Å². The van der Waals surface area contributed by atoms with Gasteiger partial charge in [-0.1, -0.05) is 23.2 Å². The minimum Gasteiger partial charge on any atom is -0.307 e. The Morgan fingerprint density at radius 3 is 2.29 bits per heavy atom. The van der Waals surface area contributed by atoms with Gasteiger partial charge < -0.3 is 4.57 Å². The highest BCUT2D eigenvalue weighted by molar-refractivity contribution is 7.71. The lowest BCUT2D eigenvalue weighted by Gasteiger charge is -2.46. The molecule has 0 aliphatic heterocycles. The van der Waals surface area contributed by atoms with Crippen molar-refractivity contribution >= 4 is 35.4 Å². The number of halogens is 4. The van der Waals surface area contributed by atoms with Gasteiger partial charge in [-0.3, -0.25) is 5.10 Å². The zero-order valence-electron chi connectivity index (χ0n) is 10.8. The molecule has 1 aliphatic carbocycles. The summed E-state index contributed by atoms with van der Waals surface area (Å²) in [6.45, 7) is 0. The molecule has 0 bridgehead atoms. The first-order chi connectivity index (χ1) is 9.73. The standard InChI is InChI=1S/C12H10Cl2F2N4S/c1-20-9(18-19-10(20)21)11(4-12(15,16)5-11)6-2-7(13)17-8(14)3-6/h2-3H,4-5H2,1H3,(H,19,21). The maximum Gasteiger partial charge on any atom is 0.250 e. The van der Waals surface area contributed by atoms with Gasteiger partial charge >= 0.3 is 0 Å². The Labute approximate surface area is 134 Å². The Balaban J connectivity index is 2.19. The van der Waals surface area contributed by atoms with Crippen LogP contribution in [0.1, 0.15) is 24.2 Å². The molecule has 3 rings (SSSR count). The number of hydrogen-bond acceptors (Lipinski definition) is 3. The molecular weight excluding hydrogens is 341 g/mol. The van der Waals surface area contributed by atoms with E-state index in [1.54, 1.807) is 23.7 Å². The molecule has 1 aliphatic rings. The first kappa shape index (κ1) is 14.9. The molecule has 21 heavy (non-hydrogen) atoms. The molecule has 1 N–H and O–H groups in total. The largest absolute Gasteiger partial charge is 0.307 e. The van der Waals surface area contributed by atoms with E-state index in [4.69, 9.17) is 35.4 Å². The smallest absolute Gasteiger partial charge is 0.250 e. The van der Waals surface area contributed by atoms with E-state index in [2.05, 4.69) is 15.2 Å². The summed E-state index contributed by atoms with van der Waals surface area (Å²) in [6.07, 6.45) is -0.742. The summed E-state index contributed by atoms with van der Waals surface area (Å²) in [5.41, 5.74) is -0.405. The number of alkyl halides is 2. The fourth-order valence-electron chi connectivity index (χ4n) is 2.84. The van der Waals surface area contributed by atoms with Crippen LogP contribution < -0.4 is 0 Å². The van der Waals surface area contributed by atoms with Crippen LogP contribution in [0.3, 0.4) is 0 Å². The number of pyridine rings is 1. The van der Waals surface area contributed by atoms with Crippen LogP contribution in [-0.2, 0) is 12.5 Å². The summed E-state index contributed by atoms with van der Waals surface area (Å²) < 4.78 is 29.1. The summed E-state index contributed by atoms with van der Waals surface area (Å²) >= 11 is 16.9. The average Bonchev–Trinajstić information content (AvgIpc) is 2.65. The van der Waals surface area contributed by atoms with Gasteiger partial charge in [-0.2, -0.15) is 5.10 Å². The van der Waals surface area contributed by atoms with E-state index in [0.717, 1.165) is 0 Å². The van der Waals surface area contributed by atoms with E-state index >= 15 is 0 Å². The summed E-state index contributed by atoms with van der Waals surface area (Å²) in [5, 5.41) is 7.06. The third-order valence-corrected chi connectivity index (χ3v) is 4.50. The second kappa shape index (κ2) is 4.72. The van der Waals surface area contributed by atoms with Crippen molar-refractivity contribution in [3.05, 3.63) is 38.6 Å². The van der Waals surface area contributed by atoms with Crippen molar-refractivity contribution in [2.24, 2.45) is 7.05 Å². The van der Waals surface area contributed by atoms with Crippen molar-refractivity contribution in [1.29, 1.82) is 0 Å². The minimum atomic E-state index is -2.75. The monoisotopic (exact) mass is 350 g/mol. The summed E-state index contributed by atoms with van der Waals surface area (Å²) in [5.74, 6) is -2.31. The molecule has 1 fully saturated rings. The molecule has 4 nitrogen and oxygen atoms in total. The molecule has 112 valence electrons. The van der Waals surface area contributed by atoms with Gasteiger partial charge in [0.05, 0.1) is 5.41 Å². The lowest BCUT2D eigenvalue weighted by molar-refractivity contribution is -0.116. The average molecular weight is 351 g/mol. The maximum atomic E-state index is 13.6. The third-order valence-electron chi connectivity index (χ3n) is 3.74. The number of nitrogens with one attached hydrogen (secondary N) is 1. The van der Waals surface area contributed by atoms with E-state index in [-0.39, 0.29) is 23.1 Å². The Kier molecular flexibility index (Phi) is 3.35. The van der Waals surface area contributed by atoms with Crippen LogP contribution in [0.5, 0.6) is 0 Å². The van der Waals surface area contributed by atoms with Crippen molar-refractivity contribution in [2.75, 3.05) is 0 Å². The van der Waals surface area contributed by atoms with Gasteiger partial charge in [-0.15, -0.1) is 0 Å². The predicted octanol–water partition coefficient (Wildman–Crippen LogP) is 3.89. The van der Waals surface area contributed by atoms with Gasteiger partial charge in [-0.05, 0) is 29.9 Å². The topological polar surface area (TPSA) is 46.5 Å². The number of nitrogens with zero attached hydrogens (tertiary/aromatic N) is 3. The molecule has 0 radical (unpaired) electrons. The van der Waals surface area contributed by atoms with Crippen LogP contribution in [0.4, 0.5) is 8.78 Å². The van der Waals surface area contributed by atoms with Gasteiger partial charge in [-0.25, -0.2) is 13.8 Å². The molecule has 0 atom stereocenters. The van der Waals surface area contributed by atoms with E-state index in [1.807, 2.05) is 0 Å². The highest BCUT2D eigenvalue weighted by atomic mass is 35.5. The first-order valence-corrected chi connectivity index (χ1v) is 7.23. The van der Waals surface area contributed by atoms with Crippen LogP contribution in [0.2, 0.25) is 10.3 Å². The van der Waals surface area contributed by atoms with E-state index < -0.39 is 11.3 Å². The number of aromatic amines is 1. The molecule has 0 unspecified atom stereocenters. The molecule has 0 spiro atoms. The van der Waals surface area contributed by atoms with Gasteiger partial charge in [0, 0.05) is 19.9 Å². The second-order valence-electron chi connectivity index (χ2n) is 5.20. The zero-order chi connectivity index (χ0) is 15.4. The normalized spacial score (nSPS) is 19.3. The van der Waals surface area contributed by atoms with Gasteiger partial charge in [0.2, 0.25) is 0 Å². The highest BCUT2D eigenvalue weighted by Crippen LogP contribution is 2.56. The molecule has 2 aromatic rings. The minimum absolute atomic E-state index is 0.156. The Bertz CT molecular complexity index is 743. The van der Waals surface area contributed by atoms with Crippen LogP contribution in [0.25, 0.3) is 0 Å². The Morgan fingerprint density at radius 1 is 1.29 bits per heavy atom. The quantitative estimate of drug-likeness (QED) is 0.660. The van der Waals surface area contributed by atoms with E-state index in [9.17, 15) is 8.78 Å². The number of hydrogen-bond donors (Lipinski definition) is 1. The van der Waals surface area contributed by atoms with Gasteiger partial charge in [0.1, 0.15) is 16.1 Å². The summed E-state index contributed by atoms with van der Waals surface area (Å²) in [4.78, 5) is 3.85. The highest BCUT2D eigenvalue weighted by Gasteiger charge is 2.60. The van der Waals surface area contributed by atoms with Crippen LogP contribution >= 0.6 is 35.4 Å². The molecule has 0 amide bonds. The van der Waals surface area contributed by atoms with E-state index in [1.165, 1.54) is 0 Å². The molecular formula is C12H10Cl2F2N4S. The van der Waals surface area contributed by atoms with Gasteiger partial charge in [0.15, 0.2) is 4.77 Å². The fraction of sp³-hybridized carbons (Fsp3) is 0.417. The maximum absolute atomic E-state index is 13.6. The van der Waals surface area contributed by atoms with Crippen LogP contribution in [0.15, 0.2) is 12.1 Å². The van der Waals surface area contributed by atoms with E-state index in [0.29, 0.717) is 16.2 Å². The third kappa shape index (κ3) is 2.37. The molecule has 9 heteroatoms. The summed E-state index contributed by atoms with van der Waals surface area (Å²) in [6, 6.07) is 3.08. The van der Waals surface area contributed by atoms with Crippen molar-refractivity contribution < 1.29 is 8.78 Å². The second-order valence-corrected chi connectivity index (χ2v) is 6.37. The lowest BCUT2D eigenvalue weighted by Crippen LogP contribution is -2.51. The van der Waals surface area contributed by atoms with Gasteiger partial charge in [0.25, 0.3) is 5.92 Å². The summed E-state index contributed by atoms with van der Waals surface area (Å²) in [7, 11) is 1.68. The molecule has 0 aromatic carbocycles. The molecule has 2 aromatic heterocycles.